The Balaban J connectivity index is 1.50. The first kappa shape index (κ1) is 26.9. The van der Waals surface area contributed by atoms with Crippen molar-refractivity contribution >= 4 is 44.8 Å². The van der Waals surface area contributed by atoms with Crippen molar-refractivity contribution in [2.24, 2.45) is 0 Å². The molecule has 0 amide bonds. The molecular formula is C25H31ClN6O4S. The van der Waals surface area contributed by atoms with Crippen LogP contribution in [0.15, 0.2) is 53.6 Å². The summed E-state index contributed by atoms with van der Waals surface area (Å²) in [5.41, 5.74) is 0.939. The molecule has 0 unspecified atom stereocenters. The number of hydrogen-bond donors (Lipinski definition) is 3. The van der Waals surface area contributed by atoms with Crippen molar-refractivity contribution in [2.45, 2.75) is 24.2 Å². The lowest BCUT2D eigenvalue weighted by molar-refractivity contribution is 0.183. The highest BCUT2D eigenvalue weighted by molar-refractivity contribution is 7.89. The van der Waals surface area contributed by atoms with Crippen LogP contribution in [0.25, 0.3) is 0 Å². The largest absolute Gasteiger partial charge is 0.495 e. The molecule has 2 aromatic carbocycles. The van der Waals surface area contributed by atoms with E-state index in [9.17, 15) is 8.42 Å². The van der Waals surface area contributed by atoms with Crippen molar-refractivity contribution < 1.29 is 17.9 Å². The maximum atomic E-state index is 12.4. The molecule has 1 saturated heterocycles. The second-order valence-corrected chi connectivity index (χ2v) is 10.7. The zero-order chi connectivity index (χ0) is 26.3. The summed E-state index contributed by atoms with van der Waals surface area (Å²) in [6, 6.07) is 12.0. The van der Waals surface area contributed by atoms with Gasteiger partial charge in [-0.2, -0.15) is 4.98 Å². The highest BCUT2D eigenvalue weighted by Crippen LogP contribution is 2.33. The molecule has 198 valence electrons. The van der Waals surface area contributed by atoms with Crippen LogP contribution in [0.5, 0.6) is 11.5 Å². The highest BCUT2D eigenvalue weighted by atomic mass is 35.5. The predicted molar refractivity (Wildman–Crippen MR) is 145 cm³/mol. The molecule has 3 aromatic rings. The molecule has 12 heteroatoms. The fourth-order valence-electron chi connectivity index (χ4n) is 4.03. The van der Waals surface area contributed by atoms with Crippen LogP contribution in [0.3, 0.4) is 0 Å². The Hall–Kier alpha value is -3.12. The highest BCUT2D eigenvalue weighted by Gasteiger charge is 2.18. The molecule has 0 atom stereocenters. The fourth-order valence-corrected chi connectivity index (χ4v) is 5.05. The lowest BCUT2D eigenvalue weighted by atomic mass is 10.1. The van der Waals surface area contributed by atoms with Crippen molar-refractivity contribution in [3.63, 3.8) is 0 Å². The summed E-state index contributed by atoms with van der Waals surface area (Å²) in [5, 5.41) is 6.38. The summed E-state index contributed by atoms with van der Waals surface area (Å²) in [7, 11) is -0.770. The van der Waals surface area contributed by atoms with E-state index in [0.717, 1.165) is 19.6 Å². The van der Waals surface area contributed by atoms with Crippen LogP contribution in [0.1, 0.15) is 19.3 Å². The summed E-state index contributed by atoms with van der Waals surface area (Å²) < 4.78 is 38.6. The summed E-state index contributed by atoms with van der Waals surface area (Å²) in [6.45, 7) is 3.71. The second-order valence-electron chi connectivity index (χ2n) is 8.46. The first-order valence-corrected chi connectivity index (χ1v) is 13.9. The van der Waals surface area contributed by atoms with Gasteiger partial charge >= 0.3 is 0 Å². The molecule has 1 fully saturated rings. The van der Waals surface area contributed by atoms with Gasteiger partial charge in [0.25, 0.3) is 0 Å². The Kier molecular flexibility index (Phi) is 9.04. The van der Waals surface area contributed by atoms with Crippen molar-refractivity contribution in [1.29, 1.82) is 0 Å². The Morgan fingerprint density at radius 2 is 1.84 bits per heavy atom. The molecule has 0 radical (unpaired) electrons. The zero-order valence-electron chi connectivity index (χ0n) is 20.8. The minimum Gasteiger partial charge on any atom is -0.495 e. The Morgan fingerprint density at radius 3 is 2.59 bits per heavy atom. The van der Waals surface area contributed by atoms with Gasteiger partial charge in [-0.1, -0.05) is 30.2 Å². The molecule has 37 heavy (non-hydrogen) atoms. The van der Waals surface area contributed by atoms with Gasteiger partial charge in [0.1, 0.15) is 28.0 Å². The molecule has 2 heterocycles. The predicted octanol–water partition coefficient (Wildman–Crippen LogP) is 4.40. The van der Waals surface area contributed by atoms with Crippen molar-refractivity contribution in [3.05, 3.63) is 53.7 Å². The molecular weight excluding hydrogens is 516 g/mol. The van der Waals surface area contributed by atoms with Crippen LogP contribution in [0.2, 0.25) is 5.02 Å². The monoisotopic (exact) mass is 546 g/mol. The molecule has 4 rings (SSSR count). The number of anilines is 4. The van der Waals surface area contributed by atoms with E-state index in [1.165, 1.54) is 38.6 Å². The second kappa shape index (κ2) is 12.4. The van der Waals surface area contributed by atoms with Gasteiger partial charge in [-0.3, -0.25) is 4.90 Å². The maximum Gasteiger partial charge on any atom is 0.242 e. The summed E-state index contributed by atoms with van der Waals surface area (Å²) in [6.07, 6.45) is 5.22. The molecule has 1 aromatic heterocycles. The SMILES string of the molecule is CNS(=O)(=O)c1ccccc1Nc1nc(Nc2cc(OCCN3CCCCC3)ccc2OC)ncc1Cl. The number of benzene rings is 2. The number of halogens is 1. The van der Waals surface area contributed by atoms with Gasteiger partial charge in [0.05, 0.1) is 24.7 Å². The quantitative estimate of drug-likeness (QED) is 0.321. The average molecular weight is 547 g/mol. The molecule has 1 aliphatic rings. The normalized spacial score (nSPS) is 14.2. The number of nitrogens with zero attached hydrogens (tertiary/aromatic N) is 3. The van der Waals surface area contributed by atoms with Crippen LogP contribution in [-0.2, 0) is 10.0 Å². The number of methoxy groups -OCH3 is 1. The van der Waals surface area contributed by atoms with Crippen LogP contribution in [-0.4, -0.2) is 63.7 Å². The third-order valence-corrected chi connectivity index (χ3v) is 7.73. The third kappa shape index (κ3) is 7.01. The van der Waals surface area contributed by atoms with Crippen LogP contribution in [0, 0.1) is 0 Å². The van der Waals surface area contributed by atoms with Crippen molar-refractivity contribution in [1.82, 2.24) is 19.6 Å². The van der Waals surface area contributed by atoms with Crippen LogP contribution >= 0.6 is 11.6 Å². The smallest absolute Gasteiger partial charge is 0.242 e. The van der Waals surface area contributed by atoms with E-state index in [0.29, 0.717) is 29.5 Å². The first-order chi connectivity index (χ1) is 17.9. The number of para-hydroxylation sites is 1. The van der Waals surface area contributed by atoms with Gasteiger partial charge in [-0.15, -0.1) is 0 Å². The Labute approximate surface area is 222 Å². The first-order valence-electron chi connectivity index (χ1n) is 12.0. The van der Waals surface area contributed by atoms with E-state index in [1.807, 2.05) is 18.2 Å². The van der Waals surface area contributed by atoms with Gasteiger partial charge in [0.2, 0.25) is 16.0 Å². The standard InChI is InChI=1S/C25H31ClN6O4S/c1-27-37(33,34)23-9-5-4-8-20(23)29-24-19(26)17-28-25(31-24)30-21-16-18(10-11-22(21)35-2)36-15-14-32-12-6-3-7-13-32/h4-5,8-11,16-17,27H,3,6-7,12-15H2,1-2H3,(H2,28,29,30,31). The lowest BCUT2D eigenvalue weighted by Gasteiger charge is -2.26. The van der Waals surface area contributed by atoms with Gasteiger partial charge in [0.15, 0.2) is 5.82 Å². The average Bonchev–Trinajstić information content (AvgIpc) is 2.91. The van der Waals surface area contributed by atoms with E-state index in [1.54, 1.807) is 25.3 Å². The summed E-state index contributed by atoms with van der Waals surface area (Å²) >= 11 is 6.33. The molecule has 0 aliphatic carbocycles. The number of piperidine rings is 1. The van der Waals surface area contributed by atoms with Gasteiger partial charge < -0.3 is 20.1 Å². The Bertz CT molecular complexity index is 1320. The topological polar surface area (TPSA) is 118 Å². The minimum absolute atomic E-state index is 0.0674. The third-order valence-electron chi connectivity index (χ3n) is 5.98. The number of rotatable bonds is 11. The molecule has 0 bridgehead atoms. The van der Waals surface area contributed by atoms with Crippen molar-refractivity contribution in [3.8, 4) is 11.5 Å². The van der Waals surface area contributed by atoms with E-state index in [-0.39, 0.29) is 21.7 Å². The summed E-state index contributed by atoms with van der Waals surface area (Å²) in [4.78, 5) is 11.2. The number of hydrogen-bond acceptors (Lipinski definition) is 9. The number of sulfonamides is 1. The zero-order valence-corrected chi connectivity index (χ0v) is 22.4. The molecule has 3 N–H and O–H groups in total. The maximum absolute atomic E-state index is 12.4. The van der Waals surface area contributed by atoms with Gasteiger partial charge in [-0.05, 0) is 57.2 Å². The summed E-state index contributed by atoms with van der Waals surface area (Å²) in [5.74, 6) is 1.76. The minimum atomic E-state index is -3.70. The van der Waals surface area contributed by atoms with E-state index >= 15 is 0 Å². The van der Waals surface area contributed by atoms with E-state index < -0.39 is 10.0 Å². The molecule has 1 aliphatic heterocycles. The van der Waals surface area contributed by atoms with Crippen molar-refractivity contribution in [2.75, 3.05) is 51.0 Å². The number of likely N-dealkylation sites (tertiary alicyclic amines) is 1. The van der Waals surface area contributed by atoms with Gasteiger partial charge in [-0.25, -0.2) is 18.1 Å². The van der Waals surface area contributed by atoms with Gasteiger partial charge in [0, 0.05) is 12.6 Å². The van der Waals surface area contributed by atoms with E-state index in [4.69, 9.17) is 21.1 Å². The lowest BCUT2D eigenvalue weighted by Crippen LogP contribution is -2.33. The Morgan fingerprint density at radius 1 is 1.05 bits per heavy atom. The molecule has 10 nitrogen and oxygen atoms in total. The fraction of sp³-hybridized carbons (Fsp3) is 0.360. The number of ether oxygens (including phenoxy) is 2. The van der Waals surface area contributed by atoms with Crippen LogP contribution < -0.4 is 24.8 Å². The number of aromatic nitrogens is 2. The molecule has 0 saturated carbocycles. The molecule has 0 spiro atoms. The van der Waals surface area contributed by atoms with Crippen LogP contribution in [0.4, 0.5) is 23.1 Å². The number of nitrogens with one attached hydrogen (secondary N) is 3. The van der Waals surface area contributed by atoms with E-state index in [2.05, 4.69) is 30.2 Å².